The lowest BCUT2D eigenvalue weighted by Gasteiger charge is -2.23. The number of hydrogen-bond acceptors (Lipinski definition) is 6. The average molecular weight is 583 g/mol. The number of nitrogens with zero attached hydrogens (tertiary/aromatic N) is 2. The van der Waals surface area contributed by atoms with Crippen LogP contribution in [0.2, 0.25) is 0 Å². The number of benzene rings is 4. The summed E-state index contributed by atoms with van der Waals surface area (Å²) in [5.41, 5.74) is 3.56. The summed E-state index contributed by atoms with van der Waals surface area (Å²) in [6, 6.07) is 22.9. The zero-order chi connectivity index (χ0) is 29.5. The molecule has 6 nitrogen and oxygen atoms in total. The third-order valence-electron chi connectivity index (χ3n) is 7.11. The maximum absolute atomic E-state index is 13.9. The van der Waals surface area contributed by atoms with Gasteiger partial charge in [-0.15, -0.1) is 0 Å². The van der Waals surface area contributed by atoms with E-state index < -0.39 is 29.4 Å². The van der Waals surface area contributed by atoms with Gasteiger partial charge in [0.2, 0.25) is 0 Å². The predicted octanol–water partition coefficient (Wildman–Crippen LogP) is 7.40. The summed E-state index contributed by atoms with van der Waals surface area (Å²) in [5.74, 6) is -3.64. The number of aliphatic hydroxyl groups excluding tert-OH is 1. The molecule has 1 unspecified atom stereocenters. The lowest BCUT2D eigenvalue weighted by Crippen LogP contribution is -2.29. The number of anilines is 1. The maximum atomic E-state index is 13.9. The van der Waals surface area contributed by atoms with Gasteiger partial charge in [-0.3, -0.25) is 14.5 Å². The first-order chi connectivity index (χ1) is 20.2. The van der Waals surface area contributed by atoms with Crippen molar-refractivity contribution < 1.29 is 28.2 Å². The monoisotopic (exact) mass is 582 g/mol. The molecule has 1 amide bonds. The second-order valence-electron chi connectivity index (χ2n) is 10.1. The van der Waals surface area contributed by atoms with E-state index in [1.807, 2.05) is 56.3 Å². The number of aromatic nitrogens is 1. The van der Waals surface area contributed by atoms with Crippen LogP contribution in [0, 0.1) is 25.5 Å². The van der Waals surface area contributed by atoms with E-state index in [0.717, 1.165) is 40.2 Å². The molecule has 42 heavy (non-hydrogen) atoms. The summed E-state index contributed by atoms with van der Waals surface area (Å²) in [5, 5.41) is 11.6. The number of fused-ring (bicyclic) bond motifs is 1. The zero-order valence-corrected chi connectivity index (χ0v) is 23.4. The fraction of sp³-hybridized carbons (Fsp3) is 0.121. The Labute approximate surface area is 244 Å². The minimum absolute atomic E-state index is 0.0866. The number of amides is 1. The smallest absolute Gasteiger partial charge is 0.301 e. The Morgan fingerprint density at radius 3 is 2.45 bits per heavy atom. The Bertz CT molecular complexity index is 1860. The van der Waals surface area contributed by atoms with E-state index in [1.54, 1.807) is 30.3 Å². The molecule has 1 aromatic heterocycles. The number of halogens is 2. The normalized spacial score (nSPS) is 16.4. The SMILES string of the molecule is Cc1cccc(C2/C(=C(\O)c3ccc(OCc4ccccc4)c(C)c3)C(=O)C(=O)N2c2nc3cc(F)c(F)cc3s2)c1. The first kappa shape index (κ1) is 27.3. The summed E-state index contributed by atoms with van der Waals surface area (Å²) < 4.78 is 34.1. The Hall–Kier alpha value is -4.89. The molecule has 4 aromatic carbocycles. The highest BCUT2D eigenvalue weighted by Crippen LogP contribution is 2.45. The van der Waals surface area contributed by atoms with E-state index in [2.05, 4.69) is 4.98 Å². The van der Waals surface area contributed by atoms with Crippen molar-refractivity contribution in [3.8, 4) is 5.75 Å². The van der Waals surface area contributed by atoms with Gasteiger partial charge in [0.05, 0.1) is 21.8 Å². The second-order valence-corrected chi connectivity index (χ2v) is 11.1. The fourth-order valence-electron chi connectivity index (χ4n) is 5.05. The van der Waals surface area contributed by atoms with Gasteiger partial charge in [-0.05, 0) is 54.8 Å². The molecule has 1 saturated heterocycles. The number of carbonyl (C=O) groups excluding carboxylic acids is 2. The minimum atomic E-state index is -1.07. The Morgan fingerprint density at radius 1 is 0.952 bits per heavy atom. The third-order valence-corrected chi connectivity index (χ3v) is 8.13. The molecule has 1 fully saturated rings. The van der Waals surface area contributed by atoms with Crippen molar-refractivity contribution in [1.29, 1.82) is 0 Å². The molecule has 210 valence electrons. The van der Waals surface area contributed by atoms with Crippen LogP contribution in [-0.4, -0.2) is 21.8 Å². The molecule has 0 aliphatic carbocycles. The van der Waals surface area contributed by atoms with Gasteiger partial charge in [0.25, 0.3) is 5.78 Å². The van der Waals surface area contributed by atoms with Crippen LogP contribution in [0.1, 0.15) is 33.9 Å². The van der Waals surface area contributed by atoms with Gasteiger partial charge in [-0.2, -0.15) is 0 Å². The lowest BCUT2D eigenvalue weighted by molar-refractivity contribution is -0.132. The van der Waals surface area contributed by atoms with E-state index in [1.165, 1.54) is 4.90 Å². The summed E-state index contributed by atoms with van der Waals surface area (Å²) >= 11 is 0.958. The second kappa shape index (κ2) is 10.8. The van der Waals surface area contributed by atoms with Gasteiger partial charge >= 0.3 is 5.91 Å². The summed E-state index contributed by atoms with van der Waals surface area (Å²) in [6.07, 6.45) is 0. The van der Waals surface area contributed by atoms with E-state index >= 15 is 0 Å². The van der Waals surface area contributed by atoms with Gasteiger partial charge in [0.15, 0.2) is 16.8 Å². The highest BCUT2D eigenvalue weighted by atomic mass is 32.1. The number of ketones is 1. The van der Waals surface area contributed by atoms with Crippen LogP contribution < -0.4 is 9.64 Å². The van der Waals surface area contributed by atoms with Crippen LogP contribution in [-0.2, 0) is 16.2 Å². The molecule has 0 bridgehead atoms. The summed E-state index contributed by atoms with van der Waals surface area (Å²) in [7, 11) is 0. The van der Waals surface area contributed by atoms with Gasteiger partial charge < -0.3 is 9.84 Å². The van der Waals surface area contributed by atoms with Crippen LogP contribution in [0.3, 0.4) is 0 Å². The number of aryl methyl sites for hydroxylation is 2. The number of aliphatic hydroxyl groups is 1. The van der Waals surface area contributed by atoms with Crippen molar-refractivity contribution >= 4 is 44.1 Å². The number of ether oxygens (including phenoxy) is 1. The highest BCUT2D eigenvalue weighted by molar-refractivity contribution is 7.22. The summed E-state index contributed by atoms with van der Waals surface area (Å²) in [4.78, 5) is 32.6. The topological polar surface area (TPSA) is 79.7 Å². The Morgan fingerprint density at radius 2 is 1.71 bits per heavy atom. The predicted molar refractivity (Wildman–Crippen MR) is 157 cm³/mol. The number of carbonyl (C=O) groups is 2. The maximum Gasteiger partial charge on any atom is 0.301 e. The standard InChI is InChI=1S/C33H24F2N2O4S/c1-18-7-6-10-21(13-18)29-28(30(38)22-11-12-26(19(2)14-22)41-17-20-8-4-3-5-9-20)31(39)32(40)37(29)33-36-25-15-23(34)24(35)16-27(25)42-33/h3-16,29,38H,17H2,1-2H3/b30-28+. The molecule has 1 aliphatic heterocycles. The van der Waals surface area contributed by atoms with Crippen molar-refractivity contribution in [3.05, 3.63) is 130 Å². The third kappa shape index (κ3) is 4.92. The first-order valence-corrected chi connectivity index (χ1v) is 13.9. The van der Waals surface area contributed by atoms with Crippen LogP contribution in [0.15, 0.2) is 90.5 Å². The molecule has 5 aromatic rings. The number of hydrogen-bond donors (Lipinski definition) is 1. The van der Waals surface area contributed by atoms with Crippen LogP contribution in [0.5, 0.6) is 5.75 Å². The lowest BCUT2D eigenvalue weighted by atomic mass is 9.94. The molecular weight excluding hydrogens is 558 g/mol. The molecule has 1 aliphatic rings. The molecule has 0 saturated carbocycles. The minimum Gasteiger partial charge on any atom is -0.507 e. The Kier molecular flexibility index (Phi) is 7.04. The van der Waals surface area contributed by atoms with Crippen LogP contribution in [0.25, 0.3) is 16.0 Å². The van der Waals surface area contributed by atoms with E-state index in [-0.39, 0.29) is 22.0 Å². The molecule has 2 heterocycles. The number of rotatable bonds is 6. The van der Waals surface area contributed by atoms with Gasteiger partial charge in [-0.1, -0.05) is 71.5 Å². The largest absolute Gasteiger partial charge is 0.507 e. The highest BCUT2D eigenvalue weighted by Gasteiger charge is 2.48. The molecule has 6 rings (SSSR count). The molecular formula is C33H24F2N2O4S. The molecule has 9 heteroatoms. The molecule has 1 atom stereocenters. The van der Waals surface area contributed by atoms with Crippen molar-refractivity contribution in [2.45, 2.75) is 26.5 Å². The fourth-order valence-corrected chi connectivity index (χ4v) is 6.05. The van der Waals surface area contributed by atoms with Crippen LogP contribution >= 0.6 is 11.3 Å². The van der Waals surface area contributed by atoms with E-state index in [0.29, 0.717) is 28.2 Å². The van der Waals surface area contributed by atoms with E-state index in [4.69, 9.17) is 4.74 Å². The Balaban J connectivity index is 1.43. The average Bonchev–Trinajstić information content (AvgIpc) is 3.49. The van der Waals surface area contributed by atoms with Crippen LogP contribution in [0.4, 0.5) is 13.9 Å². The van der Waals surface area contributed by atoms with Gasteiger partial charge in [-0.25, -0.2) is 13.8 Å². The number of thiazole rings is 1. The number of Topliss-reactive ketones (excluding diaryl/α,β-unsaturated/α-hetero) is 1. The van der Waals surface area contributed by atoms with Crippen molar-refractivity contribution in [1.82, 2.24) is 4.98 Å². The van der Waals surface area contributed by atoms with Gasteiger partial charge in [0, 0.05) is 11.6 Å². The van der Waals surface area contributed by atoms with E-state index in [9.17, 15) is 23.5 Å². The molecule has 0 spiro atoms. The summed E-state index contributed by atoms with van der Waals surface area (Å²) in [6.45, 7) is 4.06. The van der Waals surface area contributed by atoms with Crippen molar-refractivity contribution in [3.63, 3.8) is 0 Å². The van der Waals surface area contributed by atoms with Crippen molar-refractivity contribution in [2.75, 3.05) is 4.90 Å². The first-order valence-electron chi connectivity index (χ1n) is 13.1. The molecule has 1 N–H and O–H groups in total. The van der Waals surface area contributed by atoms with Crippen molar-refractivity contribution in [2.24, 2.45) is 0 Å². The van der Waals surface area contributed by atoms with Gasteiger partial charge in [0.1, 0.15) is 18.1 Å². The molecule has 0 radical (unpaired) electrons. The quantitative estimate of drug-likeness (QED) is 0.128. The zero-order valence-electron chi connectivity index (χ0n) is 22.6.